The smallest absolute Gasteiger partial charge is 0.327 e. The highest BCUT2D eigenvalue weighted by atomic mass is 32.2. The van der Waals surface area contributed by atoms with Gasteiger partial charge in [0, 0.05) is 12.2 Å². The van der Waals surface area contributed by atoms with Crippen molar-refractivity contribution in [2.75, 3.05) is 24.4 Å². The number of amides is 6. The average molecular weight is 582 g/mol. The second-order valence-electron chi connectivity index (χ2n) is 8.01. The van der Waals surface area contributed by atoms with E-state index in [2.05, 4.69) is 33.9 Å². The molecule has 0 radical (unpaired) electrons. The molecule has 38 heavy (non-hydrogen) atoms. The molecule has 18 heteroatoms. The Morgan fingerprint density at radius 1 is 0.789 bits per heavy atom. The number of carbonyl (C=O) groups excluding carboxylic acids is 6. The number of carbonyl (C=O) groups is 7. The summed E-state index contributed by atoms with van der Waals surface area (Å²) in [7, 11) is 0. The van der Waals surface area contributed by atoms with Crippen LogP contribution in [-0.4, -0.2) is 106 Å². The molecule has 0 spiro atoms. The lowest BCUT2D eigenvalue weighted by molar-refractivity contribution is -0.141. The molecule has 0 aliphatic heterocycles. The largest absolute Gasteiger partial charge is 0.480 e. The number of aliphatic hydroxyl groups excluding tert-OH is 1. The maximum atomic E-state index is 12.8. The van der Waals surface area contributed by atoms with Gasteiger partial charge in [0.2, 0.25) is 35.4 Å². The number of aliphatic carboxylic acids is 1. The van der Waals surface area contributed by atoms with Gasteiger partial charge in [-0.25, -0.2) is 4.79 Å². The highest BCUT2D eigenvalue weighted by molar-refractivity contribution is 7.98. The van der Waals surface area contributed by atoms with Crippen LogP contribution in [0.15, 0.2) is 0 Å². The van der Waals surface area contributed by atoms with E-state index in [1.54, 1.807) is 0 Å². The van der Waals surface area contributed by atoms with Crippen LogP contribution in [0.25, 0.3) is 0 Å². The Labute approximate surface area is 228 Å². The van der Waals surface area contributed by atoms with Gasteiger partial charge in [-0.3, -0.25) is 28.8 Å². The standard InChI is InChI=1S/C20H35N7O9S2/c1-38-5-4-9(21)16(31)24-10(2-3-14(22)29)17(32)26-12(7-28)19(34)25-11(6-15(23)30)18(33)27-13(8-37)20(35)36/h9-13,28,37H,2-8,21H2,1H3,(H2,22,29)(H2,23,30)(H,24,31)(H,25,34)(H,26,32)(H,27,33)(H,35,36)/t9-,10-,11-,12-,13-/m0/s1. The fourth-order valence-corrected chi connectivity index (χ4v) is 3.55. The maximum Gasteiger partial charge on any atom is 0.327 e. The van der Waals surface area contributed by atoms with E-state index >= 15 is 0 Å². The van der Waals surface area contributed by atoms with Crippen LogP contribution in [0.5, 0.6) is 0 Å². The lowest BCUT2D eigenvalue weighted by atomic mass is 10.1. The lowest BCUT2D eigenvalue weighted by Crippen LogP contribution is -2.60. The molecule has 0 aromatic carbocycles. The van der Waals surface area contributed by atoms with Crippen LogP contribution in [0.4, 0.5) is 0 Å². The predicted octanol–water partition coefficient (Wildman–Crippen LogP) is -4.85. The zero-order chi connectivity index (χ0) is 29.4. The van der Waals surface area contributed by atoms with Crippen LogP contribution in [0.2, 0.25) is 0 Å². The molecule has 0 aromatic rings. The predicted molar refractivity (Wildman–Crippen MR) is 140 cm³/mol. The van der Waals surface area contributed by atoms with E-state index in [1.807, 2.05) is 6.26 Å². The number of carboxylic acids is 1. The molecule has 0 rings (SSSR count). The van der Waals surface area contributed by atoms with Crippen molar-refractivity contribution in [3.8, 4) is 0 Å². The molecular weight excluding hydrogens is 546 g/mol. The topological polar surface area (TPSA) is 286 Å². The van der Waals surface area contributed by atoms with Crippen molar-refractivity contribution in [3.63, 3.8) is 0 Å². The number of hydrogen-bond acceptors (Lipinski definition) is 11. The monoisotopic (exact) mass is 581 g/mol. The summed E-state index contributed by atoms with van der Waals surface area (Å²) in [5, 5.41) is 27.5. The summed E-state index contributed by atoms with van der Waals surface area (Å²) >= 11 is 5.26. The molecule has 0 aliphatic rings. The van der Waals surface area contributed by atoms with E-state index in [0.717, 1.165) is 0 Å². The first-order valence-corrected chi connectivity index (χ1v) is 13.3. The summed E-state index contributed by atoms with van der Waals surface area (Å²) in [5.41, 5.74) is 16.0. The molecule has 0 bridgehead atoms. The van der Waals surface area contributed by atoms with Gasteiger partial charge in [-0.2, -0.15) is 24.4 Å². The molecular formula is C20H35N7O9S2. The van der Waals surface area contributed by atoms with Gasteiger partial charge < -0.3 is 48.7 Å². The van der Waals surface area contributed by atoms with E-state index in [0.29, 0.717) is 12.2 Å². The summed E-state index contributed by atoms with van der Waals surface area (Å²) in [6, 6.07) is -7.07. The SMILES string of the molecule is CSCC[C@H](N)C(=O)N[C@@H](CCC(N)=O)C(=O)N[C@@H](CO)C(=O)N[C@@H](CC(N)=O)C(=O)N[C@@H](CS)C(=O)O. The Morgan fingerprint density at radius 3 is 1.76 bits per heavy atom. The van der Waals surface area contributed by atoms with Crippen LogP contribution in [0, 0.1) is 0 Å². The van der Waals surface area contributed by atoms with Gasteiger partial charge in [-0.15, -0.1) is 0 Å². The van der Waals surface area contributed by atoms with E-state index < -0.39 is 84.6 Å². The number of nitrogens with two attached hydrogens (primary N) is 3. The van der Waals surface area contributed by atoms with E-state index in [-0.39, 0.29) is 18.6 Å². The molecule has 0 saturated carbocycles. The van der Waals surface area contributed by atoms with Crippen LogP contribution < -0.4 is 38.5 Å². The molecule has 0 fully saturated rings. The molecule has 6 amide bonds. The summed E-state index contributed by atoms with van der Waals surface area (Å²) in [4.78, 5) is 84.1. The van der Waals surface area contributed by atoms with Crippen LogP contribution in [0.3, 0.4) is 0 Å². The Hall–Kier alpha value is -3.09. The van der Waals surface area contributed by atoms with Crippen LogP contribution >= 0.6 is 24.4 Å². The summed E-state index contributed by atoms with van der Waals surface area (Å²) in [6.07, 6.45) is 0.850. The fourth-order valence-electron chi connectivity index (χ4n) is 2.82. The van der Waals surface area contributed by atoms with Gasteiger partial charge in [0.1, 0.15) is 24.2 Å². The van der Waals surface area contributed by atoms with E-state index in [4.69, 9.17) is 22.3 Å². The molecule has 0 unspecified atom stereocenters. The molecule has 16 nitrogen and oxygen atoms in total. The number of rotatable bonds is 19. The Balaban J connectivity index is 5.55. The van der Waals surface area contributed by atoms with Gasteiger partial charge in [0.25, 0.3) is 0 Å². The third-order valence-corrected chi connectivity index (χ3v) is 5.94. The molecule has 0 saturated heterocycles. The number of nitrogens with one attached hydrogen (secondary N) is 4. The second-order valence-corrected chi connectivity index (χ2v) is 9.36. The van der Waals surface area contributed by atoms with Crippen molar-refractivity contribution in [3.05, 3.63) is 0 Å². The van der Waals surface area contributed by atoms with Crippen molar-refractivity contribution in [2.45, 2.75) is 55.9 Å². The Kier molecular flexibility index (Phi) is 16.7. The molecule has 0 aromatic heterocycles. The quantitative estimate of drug-likeness (QED) is 0.0645. The zero-order valence-electron chi connectivity index (χ0n) is 20.7. The minimum Gasteiger partial charge on any atom is -0.480 e. The molecule has 216 valence electrons. The highest BCUT2D eigenvalue weighted by Gasteiger charge is 2.32. The van der Waals surface area contributed by atoms with E-state index in [9.17, 15) is 38.7 Å². The summed E-state index contributed by atoms with van der Waals surface area (Å²) in [5.74, 6) is -6.79. The van der Waals surface area contributed by atoms with Gasteiger partial charge in [-0.1, -0.05) is 0 Å². The number of thioether (sulfide) groups is 1. The molecule has 0 heterocycles. The first-order chi connectivity index (χ1) is 17.8. The maximum absolute atomic E-state index is 12.8. The number of primary amides is 2. The molecule has 12 N–H and O–H groups in total. The Bertz CT molecular complexity index is 878. The third-order valence-electron chi connectivity index (χ3n) is 4.93. The zero-order valence-corrected chi connectivity index (χ0v) is 22.4. The molecule has 5 atom stereocenters. The number of thiol groups is 1. The first-order valence-electron chi connectivity index (χ1n) is 11.2. The summed E-state index contributed by atoms with van der Waals surface area (Å²) in [6.45, 7) is -0.972. The van der Waals surface area contributed by atoms with Crippen molar-refractivity contribution in [1.82, 2.24) is 21.3 Å². The fraction of sp³-hybridized carbons (Fsp3) is 0.650. The number of carboxylic acid groups (broad SMARTS) is 1. The molecule has 0 aliphatic carbocycles. The minimum absolute atomic E-state index is 0.241. The van der Waals surface area contributed by atoms with Crippen molar-refractivity contribution in [2.24, 2.45) is 17.2 Å². The van der Waals surface area contributed by atoms with E-state index in [1.165, 1.54) is 11.8 Å². The average Bonchev–Trinajstić information content (AvgIpc) is 2.84. The van der Waals surface area contributed by atoms with Crippen molar-refractivity contribution in [1.29, 1.82) is 0 Å². The van der Waals surface area contributed by atoms with Gasteiger partial charge >= 0.3 is 5.97 Å². The Morgan fingerprint density at radius 2 is 1.29 bits per heavy atom. The van der Waals surface area contributed by atoms with Crippen LogP contribution in [-0.2, 0) is 33.6 Å². The third kappa shape index (κ3) is 13.5. The van der Waals surface area contributed by atoms with Crippen molar-refractivity contribution < 1.29 is 43.8 Å². The first kappa shape index (κ1) is 34.9. The lowest BCUT2D eigenvalue weighted by Gasteiger charge is -2.25. The summed E-state index contributed by atoms with van der Waals surface area (Å²) < 4.78 is 0. The van der Waals surface area contributed by atoms with Gasteiger partial charge in [0.15, 0.2) is 0 Å². The number of hydrogen-bond donors (Lipinski definition) is 10. The van der Waals surface area contributed by atoms with Crippen LogP contribution in [0.1, 0.15) is 25.7 Å². The normalized spacial score (nSPS) is 14.6. The van der Waals surface area contributed by atoms with Crippen molar-refractivity contribution >= 4 is 65.8 Å². The second kappa shape index (κ2) is 18.2. The number of aliphatic hydroxyl groups is 1. The minimum atomic E-state index is -1.68. The highest BCUT2D eigenvalue weighted by Crippen LogP contribution is 2.04. The van der Waals surface area contributed by atoms with Gasteiger partial charge in [-0.05, 0) is 24.9 Å². The van der Waals surface area contributed by atoms with Gasteiger partial charge in [0.05, 0.1) is 19.1 Å².